The summed E-state index contributed by atoms with van der Waals surface area (Å²) < 4.78 is 23.5. The Balaban J connectivity index is 1.29. The molecule has 0 aromatic heterocycles. The molecule has 4 aromatic rings. The maximum absolute atomic E-state index is 12.2. The van der Waals surface area contributed by atoms with Gasteiger partial charge in [0.1, 0.15) is 18.5 Å². The van der Waals surface area contributed by atoms with Crippen LogP contribution < -0.4 is 4.74 Å². The molecule has 0 bridgehead atoms. The van der Waals surface area contributed by atoms with Gasteiger partial charge >= 0.3 is 5.97 Å². The standard InChI is InChI=1S/C41H46O5/c1-5-11-30-16-22-37-34(26-30)17-18-35-28-33(29(4)32-12-9-8-10-13-32)19-23-38(35)40(37)46-25-24-45-36-20-14-31(15-21-36)27-39(43-6-2)41(42)44-7-3/h8-10,12-23,26,28-29,39-40H,5-7,11,24-25,27H2,1-4H3. The minimum Gasteiger partial charge on any atom is -0.491 e. The summed E-state index contributed by atoms with van der Waals surface area (Å²) in [6.45, 7) is 9.78. The molecule has 0 saturated heterocycles. The van der Waals surface area contributed by atoms with Crippen molar-refractivity contribution in [3.8, 4) is 5.75 Å². The maximum atomic E-state index is 12.2. The Hall–Kier alpha value is -4.19. The highest BCUT2D eigenvalue weighted by Gasteiger charge is 2.24. The first kappa shape index (κ1) is 33.2. The zero-order chi connectivity index (χ0) is 32.3. The number of aryl methyl sites for hydroxylation is 1. The van der Waals surface area contributed by atoms with Crippen molar-refractivity contribution in [1.29, 1.82) is 0 Å². The lowest BCUT2D eigenvalue weighted by Gasteiger charge is -2.23. The molecule has 0 N–H and O–H groups in total. The highest BCUT2D eigenvalue weighted by Crippen LogP contribution is 2.38. The number of ether oxygens (including phenoxy) is 4. The third-order valence-corrected chi connectivity index (χ3v) is 8.51. The molecule has 0 aliphatic heterocycles. The quantitative estimate of drug-likeness (QED) is 0.0983. The number of hydrogen-bond acceptors (Lipinski definition) is 5. The Morgan fingerprint density at radius 3 is 2.13 bits per heavy atom. The van der Waals surface area contributed by atoms with Crippen LogP contribution in [0.15, 0.2) is 91.0 Å². The van der Waals surface area contributed by atoms with Crippen LogP contribution in [0.4, 0.5) is 0 Å². The summed E-state index contributed by atoms with van der Waals surface area (Å²) in [5.74, 6) is 0.710. The molecule has 0 heterocycles. The molecule has 3 unspecified atom stereocenters. The molecule has 4 aromatic carbocycles. The Morgan fingerprint density at radius 2 is 1.43 bits per heavy atom. The Bertz CT molecular complexity index is 1590. The third-order valence-electron chi connectivity index (χ3n) is 8.51. The second-order valence-electron chi connectivity index (χ2n) is 11.7. The molecule has 240 valence electrons. The van der Waals surface area contributed by atoms with Crippen molar-refractivity contribution < 1.29 is 23.7 Å². The van der Waals surface area contributed by atoms with Crippen molar-refractivity contribution in [2.75, 3.05) is 26.4 Å². The zero-order valence-electron chi connectivity index (χ0n) is 27.5. The van der Waals surface area contributed by atoms with E-state index in [0.717, 1.165) is 29.7 Å². The Kier molecular flexibility index (Phi) is 11.8. The van der Waals surface area contributed by atoms with Crippen LogP contribution in [0.3, 0.4) is 0 Å². The highest BCUT2D eigenvalue weighted by molar-refractivity contribution is 5.77. The summed E-state index contributed by atoms with van der Waals surface area (Å²) in [6, 6.07) is 32.0. The first-order valence-corrected chi connectivity index (χ1v) is 16.6. The SMILES string of the molecule is CCCc1ccc2c(c1)C=Cc1cc(C(C)c3ccccc3)ccc1C2OCCOc1ccc(CC(OCC)C(=O)OCC)cc1. The molecule has 1 aliphatic carbocycles. The second-order valence-corrected chi connectivity index (χ2v) is 11.7. The number of carbonyl (C=O) groups is 1. The normalized spacial score (nSPS) is 14.9. The van der Waals surface area contributed by atoms with E-state index in [1.807, 2.05) is 31.2 Å². The van der Waals surface area contributed by atoms with Gasteiger partial charge in [-0.15, -0.1) is 0 Å². The van der Waals surface area contributed by atoms with Crippen molar-refractivity contribution in [2.24, 2.45) is 0 Å². The minimum atomic E-state index is -0.611. The van der Waals surface area contributed by atoms with E-state index in [-0.39, 0.29) is 18.0 Å². The summed E-state index contributed by atoms with van der Waals surface area (Å²) >= 11 is 0. The highest BCUT2D eigenvalue weighted by atomic mass is 16.6. The summed E-state index contributed by atoms with van der Waals surface area (Å²) in [5.41, 5.74) is 9.64. The van der Waals surface area contributed by atoms with Crippen molar-refractivity contribution in [1.82, 2.24) is 0 Å². The van der Waals surface area contributed by atoms with Gasteiger partial charge in [-0.05, 0) is 76.9 Å². The number of hydrogen-bond donors (Lipinski definition) is 0. The Morgan fingerprint density at radius 1 is 0.739 bits per heavy atom. The van der Waals surface area contributed by atoms with Gasteiger partial charge in [0, 0.05) is 18.9 Å². The number of fused-ring (bicyclic) bond motifs is 2. The monoisotopic (exact) mass is 618 g/mol. The average Bonchev–Trinajstić information content (AvgIpc) is 3.23. The van der Waals surface area contributed by atoms with Crippen LogP contribution in [0.25, 0.3) is 12.2 Å². The number of carbonyl (C=O) groups excluding carboxylic acids is 1. The van der Waals surface area contributed by atoms with E-state index >= 15 is 0 Å². The van der Waals surface area contributed by atoms with E-state index in [0.29, 0.717) is 32.8 Å². The van der Waals surface area contributed by atoms with Gasteiger partial charge in [0.15, 0.2) is 6.10 Å². The van der Waals surface area contributed by atoms with Crippen molar-refractivity contribution in [3.63, 3.8) is 0 Å². The van der Waals surface area contributed by atoms with Gasteiger partial charge in [-0.2, -0.15) is 0 Å². The molecule has 1 aliphatic rings. The van der Waals surface area contributed by atoms with Crippen LogP contribution in [0.5, 0.6) is 5.75 Å². The fourth-order valence-corrected chi connectivity index (χ4v) is 6.07. The van der Waals surface area contributed by atoms with E-state index in [1.54, 1.807) is 6.92 Å². The summed E-state index contributed by atoms with van der Waals surface area (Å²) in [7, 11) is 0. The van der Waals surface area contributed by atoms with Gasteiger partial charge in [-0.1, -0.05) is 111 Å². The number of rotatable bonds is 15. The number of esters is 1. The maximum Gasteiger partial charge on any atom is 0.335 e. The molecule has 3 atom stereocenters. The van der Waals surface area contributed by atoms with Gasteiger partial charge in [0.2, 0.25) is 0 Å². The summed E-state index contributed by atoms with van der Waals surface area (Å²) in [6.07, 6.45) is 6.28. The van der Waals surface area contributed by atoms with E-state index in [1.165, 1.54) is 33.4 Å². The second kappa shape index (κ2) is 16.4. The van der Waals surface area contributed by atoms with Gasteiger partial charge < -0.3 is 18.9 Å². The molecule has 0 radical (unpaired) electrons. The van der Waals surface area contributed by atoms with E-state index < -0.39 is 6.10 Å². The molecule has 0 amide bonds. The lowest BCUT2D eigenvalue weighted by molar-refractivity contribution is -0.156. The largest absolute Gasteiger partial charge is 0.491 e. The fraction of sp³-hybridized carbons (Fsp3) is 0.341. The molecule has 5 rings (SSSR count). The summed E-state index contributed by atoms with van der Waals surface area (Å²) in [5, 5.41) is 0. The van der Waals surface area contributed by atoms with Crippen LogP contribution in [-0.4, -0.2) is 38.5 Å². The molecule has 5 heteroatoms. The average molecular weight is 619 g/mol. The molecule has 0 saturated carbocycles. The minimum absolute atomic E-state index is 0.207. The molecule has 5 nitrogen and oxygen atoms in total. The van der Waals surface area contributed by atoms with Crippen LogP contribution in [-0.2, 0) is 31.8 Å². The molecule has 0 fully saturated rings. The van der Waals surface area contributed by atoms with Crippen LogP contribution in [0.1, 0.15) is 90.6 Å². The van der Waals surface area contributed by atoms with Crippen molar-refractivity contribution >= 4 is 18.1 Å². The van der Waals surface area contributed by atoms with E-state index in [4.69, 9.17) is 18.9 Å². The van der Waals surface area contributed by atoms with Crippen LogP contribution in [0, 0.1) is 0 Å². The smallest absolute Gasteiger partial charge is 0.335 e. The first-order valence-electron chi connectivity index (χ1n) is 16.6. The predicted octanol–water partition coefficient (Wildman–Crippen LogP) is 8.97. The third kappa shape index (κ3) is 8.34. The van der Waals surface area contributed by atoms with Gasteiger partial charge in [0.25, 0.3) is 0 Å². The van der Waals surface area contributed by atoms with Crippen molar-refractivity contribution in [3.05, 3.63) is 136 Å². The Labute approximate surface area is 274 Å². The van der Waals surface area contributed by atoms with E-state index in [2.05, 4.69) is 92.7 Å². The van der Waals surface area contributed by atoms with Crippen molar-refractivity contribution in [2.45, 2.75) is 65.1 Å². The van der Waals surface area contributed by atoms with Crippen LogP contribution in [0.2, 0.25) is 0 Å². The fourth-order valence-electron chi connectivity index (χ4n) is 6.07. The first-order chi connectivity index (χ1) is 22.5. The molecule has 0 spiro atoms. The zero-order valence-corrected chi connectivity index (χ0v) is 27.5. The predicted molar refractivity (Wildman–Crippen MR) is 185 cm³/mol. The molecular formula is C41H46O5. The van der Waals surface area contributed by atoms with E-state index in [9.17, 15) is 4.79 Å². The van der Waals surface area contributed by atoms with Gasteiger partial charge in [-0.3, -0.25) is 0 Å². The topological polar surface area (TPSA) is 54.0 Å². The molecule has 46 heavy (non-hydrogen) atoms. The number of benzene rings is 4. The van der Waals surface area contributed by atoms with Gasteiger partial charge in [-0.25, -0.2) is 4.79 Å². The lowest BCUT2D eigenvalue weighted by Crippen LogP contribution is -2.28. The summed E-state index contributed by atoms with van der Waals surface area (Å²) in [4.78, 5) is 12.2. The molecular weight excluding hydrogens is 572 g/mol. The van der Waals surface area contributed by atoms with Gasteiger partial charge in [0.05, 0.1) is 13.2 Å². The lowest BCUT2D eigenvalue weighted by atomic mass is 9.89. The van der Waals surface area contributed by atoms with Crippen LogP contribution >= 0.6 is 0 Å².